The lowest BCUT2D eigenvalue weighted by Crippen LogP contribution is -2.09. The number of imidazole rings is 1. The molecule has 0 aliphatic carbocycles. The predicted molar refractivity (Wildman–Crippen MR) is 60.2 cm³/mol. The number of hydrogen-bond acceptors (Lipinski definition) is 3. The van der Waals surface area contributed by atoms with Crippen molar-refractivity contribution >= 4 is 16.7 Å². The van der Waals surface area contributed by atoms with Crippen molar-refractivity contribution in [1.82, 2.24) is 14.4 Å². The van der Waals surface area contributed by atoms with Gasteiger partial charge in [-0.15, -0.1) is 0 Å². The number of pyridine rings is 2. The van der Waals surface area contributed by atoms with Crippen LogP contribution in [0.3, 0.4) is 0 Å². The molecule has 0 saturated carbocycles. The van der Waals surface area contributed by atoms with Crippen molar-refractivity contribution in [2.24, 2.45) is 0 Å². The average Bonchev–Trinajstić information content (AvgIpc) is 2.84. The highest BCUT2D eigenvalue weighted by molar-refractivity contribution is 5.85. The molecule has 19 heavy (non-hydrogen) atoms. The van der Waals surface area contributed by atoms with Crippen LogP contribution < -0.4 is 0 Å². The van der Waals surface area contributed by atoms with E-state index in [1.165, 1.54) is 28.9 Å². The van der Waals surface area contributed by atoms with Gasteiger partial charge in [-0.25, -0.2) is 9.97 Å². The van der Waals surface area contributed by atoms with Gasteiger partial charge in [0.25, 0.3) is 0 Å². The van der Waals surface area contributed by atoms with Crippen LogP contribution in [0.2, 0.25) is 0 Å². The summed E-state index contributed by atoms with van der Waals surface area (Å²) in [6.45, 7) is 0. The maximum Gasteiger partial charge on any atom is 0.433 e. The number of fused-ring (bicyclic) bond motifs is 3. The fourth-order valence-electron chi connectivity index (χ4n) is 1.90. The lowest BCUT2D eigenvalue weighted by molar-refractivity contribution is -0.141. The molecule has 0 N–H and O–H groups in total. The summed E-state index contributed by atoms with van der Waals surface area (Å²) >= 11 is 0. The Bertz CT molecular complexity index is 826. The SMILES string of the molecule is N#Cc1cc2nccn2c2nc(C(F)(F)F)ccc12. The second kappa shape index (κ2) is 3.68. The van der Waals surface area contributed by atoms with E-state index in [1.54, 1.807) is 0 Å². The number of hydrogen-bond donors (Lipinski definition) is 0. The van der Waals surface area contributed by atoms with Gasteiger partial charge < -0.3 is 0 Å². The first-order valence-electron chi connectivity index (χ1n) is 5.25. The molecule has 0 fully saturated rings. The van der Waals surface area contributed by atoms with Crippen LogP contribution in [0.25, 0.3) is 16.7 Å². The van der Waals surface area contributed by atoms with E-state index < -0.39 is 11.9 Å². The smallest absolute Gasteiger partial charge is 0.284 e. The third-order valence-corrected chi connectivity index (χ3v) is 2.75. The molecule has 7 heteroatoms. The third-order valence-electron chi connectivity index (χ3n) is 2.75. The van der Waals surface area contributed by atoms with Crippen molar-refractivity contribution < 1.29 is 13.2 Å². The van der Waals surface area contributed by atoms with E-state index in [0.29, 0.717) is 11.0 Å². The quantitative estimate of drug-likeness (QED) is 0.626. The van der Waals surface area contributed by atoms with E-state index in [-0.39, 0.29) is 11.2 Å². The standard InChI is InChI=1S/C12H5F3N4/c13-12(14,15)9-2-1-8-7(6-16)5-10-17-3-4-19(10)11(8)18-9/h1-5H. The Labute approximate surface area is 104 Å². The summed E-state index contributed by atoms with van der Waals surface area (Å²) in [5, 5.41) is 9.39. The van der Waals surface area contributed by atoms with E-state index in [2.05, 4.69) is 9.97 Å². The molecule has 0 aromatic carbocycles. The molecule has 0 aliphatic heterocycles. The minimum absolute atomic E-state index is 0.0707. The highest BCUT2D eigenvalue weighted by atomic mass is 19.4. The molecule has 0 bridgehead atoms. The first-order chi connectivity index (χ1) is 9.00. The summed E-state index contributed by atoms with van der Waals surface area (Å²) in [4.78, 5) is 7.56. The van der Waals surface area contributed by atoms with Crippen LogP contribution in [0.5, 0.6) is 0 Å². The molecule has 3 aromatic heterocycles. The van der Waals surface area contributed by atoms with Crippen molar-refractivity contribution in [2.45, 2.75) is 6.18 Å². The van der Waals surface area contributed by atoms with Crippen LogP contribution in [0.15, 0.2) is 30.6 Å². The normalized spacial score (nSPS) is 11.9. The van der Waals surface area contributed by atoms with Crippen LogP contribution in [-0.2, 0) is 6.18 Å². The molecule has 0 radical (unpaired) electrons. The van der Waals surface area contributed by atoms with Crippen molar-refractivity contribution in [3.05, 3.63) is 41.9 Å². The van der Waals surface area contributed by atoms with E-state index >= 15 is 0 Å². The number of alkyl halides is 3. The Morgan fingerprint density at radius 3 is 2.74 bits per heavy atom. The molecule has 0 aliphatic rings. The minimum atomic E-state index is -4.52. The van der Waals surface area contributed by atoms with Crippen molar-refractivity contribution in [3.63, 3.8) is 0 Å². The molecule has 0 atom stereocenters. The maximum absolute atomic E-state index is 12.7. The summed E-state index contributed by atoms with van der Waals surface area (Å²) < 4.78 is 39.4. The van der Waals surface area contributed by atoms with Gasteiger partial charge in [-0.05, 0) is 18.2 Å². The summed E-state index contributed by atoms with van der Waals surface area (Å²) in [5.41, 5.74) is -0.294. The van der Waals surface area contributed by atoms with Gasteiger partial charge in [0.15, 0.2) is 0 Å². The first-order valence-corrected chi connectivity index (χ1v) is 5.25. The molecule has 0 saturated heterocycles. The van der Waals surface area contributed by atoms with Gasteiger partial charge >= 0.3 is 6.18 Å². The zero-order valence-electron chi connectivity index (χ0n) is 9.31. The molecule has 3 heterocycles. The van der Waals surface area contributed by atoms with Gasteiger partial charge in [0.05, 0.1) is 5.56 Å². The van der Waals surface area contributed by atoms with E-state index in [0.717, 1.165) is 6.07 Å². The second-order valence-corrected chi connectivity index (χ2v) is 3.89. The fourth-order valence-corrected chi connectivity index (χ4v) is 1.90. The first kappa shape index (κ1) is 11.5. The topological polar surface area (TPSA) is 54.0 Å². The monoisotopic (exact) mass is 262 g/mol. The van der Waals surface area contributed by atoms with Gasteiger partial charge in [-0.2, -0.15) is 18.4 Å². The average molecular weight is 262 g/mol. The largest absolute Gasteiger partial charge is 0.433 e. The molecule has 4 nitrogen and oxygen atoms in total. The zero-order chi connectivity index (χ0) is 13.6. The number of nitrogens with zero attached hydrogens (tertiary/aromatic N) is 4. The summed E-state index contributed by atoms with van der Waals surface area (Å²) in [6.07, 6.45) is -1.58. The lowest BCUT2D eigenvalue weighted by Gasteiger charge is -2.08. The van der Waals surface area contributed by atoms with Crippen LogP contribution >= 0.6 is 0 Å². The Morgan fingerprint density at radius 2 is 2.05 bits per heavy atom. The van der Waals surface area contributed by atoms with Crippen molar-refractivity contribution in [1.29, 1.82) is 5.26 Å². The molecule has 0 unspecified atom stereocenters. The Morgan fingerprint density at radius 1 is 1.26 bits per heavy atom. The maximum atomic E-state index is 12.7. The van der Waals surface area contributed by atoms with Crippen molar-refractivity contribution in [3.8, 4) is 6.07 Å². The fraction of sp³-hybridized carbons (Fsp3) is 0.0833. The van der Waals surface area contributed by atoms with E-state index in [1.807, 2.05) is 6.07 Å². The highest BCUT2D eigenvalue weighted by Crippen LogP contribution is 2.30. The molecule has 3 rings (SSSR count). The molecule has 0 spiro atoms. The summed E-state index contributed by atoms with van der Waals surface area (Å²) in [5.74, 6) is 0. The number of rotatable bonds is 0. The molecular formula is C12H5F3N4. The summed E-state index contributed by atoms with van der Waals surface area (Å²) in [7, 11) is 0. The van der Waals surface area contributed by atoms with Gasteiger partial charge in [0, 0.05) is 17.8 Å². The minimum Gasteiger partial charge on any atom is -0.284 e. The number of aromatic nitrogens is 3. The summed E-state index contributed by atoms with van der Waals surface area (Å²) in [6, 6.07) is 5.57. The van der Waals surface area contributed by atoms with Gasteiger partial charge in [0.2, 0.25) is 0 Å². The Hall–Kier alpha value is -2.62. The van der Waals surface area contributed by atoms with E-state index in [4.69, 9.17) is 5.26 Å². The van der Waals surface area contributed by atoms with Gasteiger partial charge in [-0.1, -0.05) is 0 Å². The predicted octanol–water partition coefficient (Wildman–Crippen LogP) is 2.77. The third kappa shape index (κ3) is 1.69. The Balaban J connectivity index is 2.47. The second-order valence-electron chi connectivity index (χ2n) is 3.89. The van der Waals surface area contributed by atoms with Crippen LogP contribution in [0.1, 0.15) is 11.3 Å². The van der Waals surface area contributed by atoms with Crippen LogP contribution in [-0.4, -0.2) is 14.4 Å². The molecule has 94 valence electrons. The van der Waals surface area contributed by atoms with Gasteiger partial charge in [0.1, 0.15) is 23.1 Å². The highest BCUT2D eigenvalue weighted by Gasteiger charge is 2.32. The molecule has 0 amide bonds. The van der Waals surface area contributed by atoms with Crippen LogP contribution in [0.4, 0.5) is 13.2 Å². The molecular weight excluding hydrogens is 257 g/mol. The zero-order valence-corrected chi connectivity index (χ0v) is 9.31. The van der Waals surface area contributed by atoms with Crippen LogP contribution in [0, 0.1) is 11.3 Å². The Kier molecular flexibility index (Phi) is 2.22. The van der Waals surface area contributed by atoms with Crippen molar-refractivity contribution in [2.75, 3.05) is 0 Å². The lowest BCUT2D eigenvalue weighted by atomic mass is 10.1. The molecule has 3 aromatic rings. The van der Waals surface area contributed by atoms with Gasteiger partial charge in [-0.3, -0.25) is 4.40 Å². The van der Waals surface area contributed by atoms with E-state index in [9.17, 15) is 13.2 Å². The number of nitriles is 1. The number of halogens is 3.